The van der Waals surface area contributed by atoms with Crippen LogP contribution in [0.1, 0.15) is 0 Å². The van der Waals surface area contributed by atoms with Crippen molar-refractivity contribution in [3.8, 4) is 16.9 Å². The monoisotopic (exact) mass is 323 g/mol. The van der Waals surface area contributed by atoms with Crippen LogP contribution >= 0.6 is 0 Å². The first-order valence-corrected chi connectivity index (χ1v) is 8.42. The topological polar surface area (TPSA) is 25.0 Å². The van der Waals surface area contributed by atoms with Gasteiger partial charge in [0, 0.05) is 21.9 Å². The van der Waals surface area contributed by atoms with Crippen molar-refractivity contribution in [1.82, 2.24) is 4.98 Å². The third-order valence-corrected chi connectivity index (χ3v) is 4.91. The van der Waals surface area contributed by atoms with E-state index in [1.54, 1.807) is 7.11 Å². The number of H-pyrrole nitrogens is 1. The van der Waals surface area contributed by atoms with Crippen LogP contribution in [-0.2, 0) is 0 Å². The fourth-order valence-corrected chi connectivity index (χ4v) is 3.71. The van der Waals surface area contributed by atoms with Crippen molar-refractivity contribution in [2.75, 3.05) is 7.11 Å². The van der Waals surface area contributed by atoms with Crippen molar-refractivity contribution in [3.05, 3.63) is 78.9 Å². The number of rotatable bonds is 2. The second kappa shape index (κ2) is 5.38. The minimum atomic E-state index is 0.883. The molecule has 1 heterocycles. The predicted octanol–water partition coefficient (Wildman–Crippen LogP) is 6.15. The van der Waals surface area contributed by atoms with Gasteiger partial charge in [0.15, 0.2) is 0 Å². The largest absolute Gasteiger partial charge is 0.497 e. The van der Waals surface area contributed by atoms with Crippen LogP contribution in [0.3, 0.4) is 0 Å². The Labute approximate surface area is 145 Å². The summed E-state index contributed by atoms with van der Waals surface area (Å²) in [4.78, 5) is 3.63. The normalized spacial score (nSPS) is 11.4. The third kappa shape index (κ3) is 2.11. The average Bonchev–Trinajstić information content (AvgIpc) is 3.07. The van der Waals surface area contributed by atoms with Crippen LogP contribution < -0.4 is 4.74 Å². The number of hydrogen-bond acceptors (Lipinski definition) is 1. The van der Waals surface area contributed by atoms with E-state index in [0.717, 1.165) is 11.3 Å². The smallest absolute Gasteiger partial charge is 0.119 e. The van der Waals surface area contributed by atoms with Gasteiger partial charge in [0.2, 0.25) is 0 Å². The second-order valence-corrected chi connectivity index (χ2v) is 6.29. The molecule has 2 nitrogen and oxygen atoms in total. The molecule has 0 amide bonds. The van der Waals surface area contributed by atoms with Gasteiger partial charge in [0.25, 0.3) is 0 Å². The Morgan fingerprint density at radius 3 is 2.44 bits per heavy atom. The van der Waals surface area contributed by atoms with Gasteiger partial charge < -0.3 is 9.72 Å². The maximum atomic E-state index is 5.44. The third-order valence-electron chi connectivity index (χ3n) is 4.91. The highest BCUT2D eigenvalue weighted by molar-refractivity contribution is 6.22. The first kappa shape index (κ1) is 14.1. The molecule has 0 saturated carbocycles. The molecule has 0 saturated heterocycles. The average molecular weight is 323 g/mol. The van der Waals surface area contributed by atoms with Crippen LogP contribution in [0, 0.1) is 0 Å². The number of fused-ring (bicyclic) bond motifs is 5. The zero-order valence-corrected chi connectivity index (χ0v) is 13.9. The summed E-state index contributed by atoms with van der Waals surface area (Å²) in [5.41, 5.74) is 4.78. The summed E-state index contributed by atoms with van der Waals surface area (Å²) in [5, 5.41) is 4.94. The summed E-state index contributed by atoms with van der Waals surface area (Å²) < 4.78 is 5.44. The molecule has 0 aliphatic heterocycles. The van der Waals surface area contributed by atoms with Crippen molar-refractivity contribution in [3.63, 3.8) is 0 Å². The summed E-state index contributed by atoms with van der Waals surface area (Å²) in [6.07, 6.45) is 0. The van der Waals surface area contributed by atoms with Crippen LogP contribution in [0.5, 0.6) is 5.75 Å². The summed E-state index contributed by atoms with van der Waals surface area (Å²) >= 11 is 0. The van der Waals surface area contributed by atoms with Gasteiger partial charge in [-0.1, -0.05) is 60.7 Å². The second-order valence-electron chi connectivity index (χ2n) is 6.29. The van der Waals surface area contributed by atoms with Crippen LogP contribution in [0.2, 0.25) is 0 Å². The number of hydrogen-bond donors (Lipinski definition) is 1. The summed E-state index contributed by atoms with van der Waals surface area (Å²) in [6.45, 7) is 0. The van der Waals surface area contributed by atoms with Crippen LogP contribution in [0.4, 0.5) is 0 Å². The van der Waals surface area contributed by atoms with E-state index in [4.69, 9.17) is 4.74 Å². The molecule has 0 aliphatic rings. The summed E-state index contributed by atoms with van der Waals surface area (Å²) in [7, 11) is 1.71. The highest BCUT2D eigenvalue weighted by Gasteiger charge is 2.12. The van der Waals surface area contributed by atoms with Gasteiger partial charge >= 0.3 is 0 Å². The standard InChI is InChI=1S/C23H17NO/c1-25-17-12-10-16-11-13-21-22(20(16)14-17)19-9-5-8-18(23(19)24-21)15-6-3-2-4-7-15/h2-14,24H,1H3. The molecular formula is C23H17NO. The van der Waals surface area contributed by atoms with Crippen molar-refractivity contribution >= 4 is 32.6 Å². The molecule has 1 aromatic heterocycles. The minimum absolute atomic E-state index is 0.883. The van der Waals surface area contributed by atoms with Crippen LogP contribution in [0.15, 0.2) is 78.9 Å². The number of para-hydroxylation sites is 1. The SMILES string of the molecule is COc1ccc2ccc3[nH]c4c(-c5ccccc5)cccc4c3c2c1. The van der Waals surface area contributed by atoms with Gasteiger partial charge in [-0.25, -0.2) is 0 Å². The van der Waals surface area contributed by atoms with E-state index in [1.807, 2.05) is 6.07 Å². The van der Waals surface area contributed by atoms with E-state index >= 15 is 0 Å². The number of benzene rings is 4. The van der Waals surface area contributed by atoms with Crippen molar-refractivity contribution in [1.29, 1.82) is 0 Å². The number of methoxy groups -OCH3 is 1. The lowest BCUT2D eigenvalue weighted by atomic mass is 10.00. The quantitative estimate of drug-likeness (QED) is 0.414. The fraction of sp³-hybridized carbons (Fsp3) is 0.0435. The predicted molar refractivity (Wildman–Crippen MR) is 105 cm³/mol. The number of nitrogens with one attached hydrogen (secondary N) is 1. The maximum Gasteiger partial charge on any atom is 0.119 e. The lowest BCUT2D eigenvalue weighted by molar-refractivity contribution is 0.415. The van der Waals surface area contributed by atoms with Crippen molar-refractivity contribution in [2.45, 2.75) is 0 Å². The molecule has 25 heavy (non-hydrogen) atoms. The fourth-order valence-electron chi connectivity index (χ4n) is 3.71. The van der Waals surface area contributed by atoms with E-state index in [2.05, 4.69) is 77.8 Å². The molecule has 0 aliphatic carbocycles. The van der Waals surface area contributed by atoms with E-state index < -0.39 is 0 Å². The first-order chi connectivity index (χ1) is 12.3. The Kier molecular flexibility index (Phi) is 3.04. The molecule has 0 fully saturated rings. The van der Waals surface area contributed by atoms with Gasteiger partial charge in [-0.2, -0.15) is 0 Å². The zero-order valence-electron chi connectivity index (χ0n) is 13.9. The molecule has 0 radical (unpaired) electrons. The summed E-state index contributed by atoms with van der Waals surface area (Å²) in [6, 6.07) is 27.6. The Balaban J connectivity index is 1.92. The zero-order chi connectivity index (χ0) is 16.8. The Hall–Kier alpha value is -3.26. The molecule has 2 heteroatoms. The Morgan fingerprint density at radius 2 is 1.60 bits per heavy atom. The van der Waals surface area contributed by atoms with E-state index in [1.165, 1.54) is 38.2 Å². The molecule has 5 rings (SSSR count). The van der Waals surface area contributed by atoms with Gasteiger partial charge in [0.05, 0.1) is 12.6 Å². The van der Waals surface area contributed by atoms with E-state index in [0.29, 0.717) is 0 Å². The van der Waals surface area contributed by atoms with Crippen LogP contribution in [-0.4, -0.2) is 12.1 Å². The van der Waals surface area contributed by atoms with E-state index in [-0.39, 0.29) is 0 Å². The molecule has 0 unspecified atom stereocenters. The molecule has 5 aromatic rings. The van der Waals surface area contributed by atoms with Gasteiger partial charge in [0.1, 0.15) is 5.75 Å². The Bertz CT molecular complexity index is 1220. The highest BCUT2D eigenvalue weighted by atomic mass is 16.5. The Morgan fingerprint density at radius 1 is 0.760 bits per heavy atom. The van der Waals surface area contributed by atoms with Gasteiger partial charge in [-0.15, -0.1) is 0 Å². The minimum Gasteiger partial charge on any atom is -0.497 e. The molecular weight excluding hydrogens is 306 g/mol. The lowest BCUT2D eigenvalue weighted by Gasteiger charge is -2.05. The molecule has 120 valence electrons. The number of ether oxygens (including phenoxy) is 1. The molecule has 0 atom stereocenters. The molecule has 4 aromatic carbocycles. The highest BCUT2D eigenvalue weighted by Crippen LogP contribution is 2.37. The number of aromatic amines is 1. The maximum absolute atomic E-state index is 5.44. The summed E-state index contributed by atoms with van der Waals surface area (Å²) in [5.74, 6) is 0.883. The molecule has 0 spiro atoms. The van der Waals surface area contributed by atoms with Crippen LogP contribution in [0.25, 0.3) is 43.7 Å². The van der Waals surface area contributed by atoms with Gasteiger partial charge in [-0.3, -0.25) is 0 Å². The number of aromatic nitrogens is 1. The molecule has 0 bridgehead atoms. The lowest BCUT2D eigenvalue weighted by Crippen LogP contribution is -1.82. The van der Waals surface area contributed by atoms with E-state index in [9.17, 15) is 0 Å². The molecule has 1 N–H and O–H groups in total. The van der Waals surface area contributed by atoms with Crippen molar-refractivity contribution in [2.24, 2.45) is 0 Å². The first-order valence-electron chi connectivity index (χ1n) is 8.42. The van der Waals surface area contributed by atoms with Crippen molar-refractivity contribution < 1.29 is 4.74 Å². The van der Waals surface area contributed by atoms with Gasteiger partial charge in [-0.05, 0) is 34.5 Å².